The lowest BCUT2D eigenvalue weighted by Crippen LogP contribution is -2.06. The van der Waals surface area contributed by atoms with Gasteiger partial charge in [0.05, 0.1) is 5.71 Å². The van der Waals surface area contributed by atoms with Crippen LogP contribution in [0.1, 0.15) is 6.92 Å². The van der Waals surface area contributed by atoms with Gasteiger partial charge < -0.3 is 4.84 Å². The van der Waals surface area contributed by atoms with Crippen molar-refractivity contribution >= 4 is 29.2 Å². The molecule has 0 N–H and O–H groups in total. The van der Waals surface area contributed by atoms with Gasteiger partial charge in [-0.3, -0.25) is 0 Å². The first kappa shape index (κ1) is 11.2. The molecule has 0 aliphatic carbocycles. The van der Waals surface area contributed by atoms with Crippen LogP contribution in [0.4, 0.5) is 0 Å². The maximum atomic E-state index is 4.96. The summed E-state index contributed by atoms with van der Waals surface area (Å²) in [6.07, 6.45) is 4.14. The summed E-state index contributed by atoms with van der Waals surface area (Å²) in [4.78, 5) is 4.96. The van der Waals surface area contributed by atoms with Crippen LogP contribution in [0.2, 0.25) is 0 Å². The Morgan fingerprint density at radius 3 is 2.18 bits per heavy atom. The molecule has 4 heteroatoms. The van der Waals surface area contributed by atoms with Crippen LogP contribution in [-0.2, 0) is 4.84 Å². The van der Waals surface area contributed by atoms with Crippen molar-refractivity contribution in [3.63, 3.8) is 0 Å². The van der Waals surface area contributed by atoms with E-state index >= 15 is 0 Å². The Morgan fingerprint density at radius 2 is 1.82 bits per heavy atom. The van der Waals surface area contributed by atoms with Crippen molar-refractivity contribution < 1.29 is 4.84 Å². The Kier molecular flexibility index (Phi) is 8.40. The van der Waals surface area contributed by atoms with Gasteiger partial charge in [-0.1, -0.05) is 5.16 Å². The van der Waals surface area contributed by atoms with Gasteiger partial charge in [0.2, 0.25) is 0 Å². The van der Waals surface area contributed by atoms with Crippen molar-refractivity contribution in [3.8, 4) is 0 Å². The lowest BCUT2D eigenvalue weighted by Gasteiger charge is -2.01. The fourth-order valence-corrected chi connectivity index (χ4v) is 1.69. The number of thioether (sulfide) groups is 2. The second-order valence-corrected chi connectivity index (χ2v) is 3.67. The Balaban J connectivity index is 3.66. The fraction of sp³-hybridized carbons (Fsp3) is 0.857. The molecule has 0 rings (SSSR count). The molecule has 0 aromatic heterocycles. The van der Waals surface area contributed by atoms with Gasteiger partial charge in [-0.15, -0.1) is 0 Å². The number of oxime groups is 1. The highest BCUT2D eigenvalue weighted by molar-refractivity contribution is 8.00. The predicted molar refractivity (Wildman–Crippen MR) is 55.8 cm³/mol. The molecular formula is C7H15NOS2. The zero-order valence-electron chi connectivity index (χ0n) is 7.29. The molecule has 66 valence electrons. The topological polar surface area (TPSA) is 21.6 Å². The van der Waals surface area contributed by atoms with E-state index in [0.29, 0.717) is 6.61 Å². The van der Waals surface area contributed by atoms with Gasteiger partial charge in [0.1, 0.15) is 6.61 Å². The Labute approximate surface area is 77.1 Å². The molecule has 2 nitrogen and oxygen atoms in total. The van der Waals surface area contributed by atoms with E-state index in [1.807, 2.05) is 6.92 Å². The normalized spacial score (nSPS) is 9.36. The number of hydrogen-bond donors (Lipinski definition) is 0. The average Bonchev–Trinajstić information content (AvgIpc) is 2.01. The largest absolute Gasteiger partial charge is 0.396 e. The lowest BCUT2D eigenvalue weighted by atomic mass is 10.5. The second kappa shape index (κ2) is 8.27. The molecule has 0 aliphatic rings. The minimum Gasteiger partial charge on any atom is -0.396 e. The Bertz CT molecular complexity index is 109. The van der Waals surface area contributed by atoms with Crippen molar-refractivity contribution in [2.24, 2.45) is 5.16 Å². The predicted octanol–water partition coefficient (Wildman–Crippen LogP) is 2.10. The highest BCUT2D eigenvalue weighted by Gasteiger charge is 1.96. The van der Waals surface area contributed by atoms with Crippen molar-refractivity contribution in [1.82, 2.24) is 0 Å². The zero-order chi connectivity index (χ0) is 8.53. The van der Waals surface area contributed by atoms with Crippen LogP contribution < -0.4 is 0 Å². The highest BCUT2D eigenvalue weighted by atomic mass is 32.2. The van der Waals surface area contributed by atoms with Gasteiger partial charge in [-0.25, -0.2) is 0 Å². The highest BCUT2D eigenvalue weighted by Crippen LogP contribution is 2.01. The SMILES string of the molecule is CCON=C(CSC)CSC. The molecule has 0 saturated carbocycles. The summed E-state index contributed by atoms with van der Waals surface area (Å²) in [6.45, 7) is 2.60. The van der Waals surface area contributed by atoms with Gasteiger partial charge in [-0.2, -0.15) is 23.5 Å². The molecule has 0 saturated heterocycles. The molecule has 0 unspecified atom stereocenters. The number of rotatable bonds is 6. The van der Waals surface area contributed by atoms with Gasteiger partial charge >= 0.3 is 0 Å². The first-order valence-corrected chi connectivity index (χ1v) is 6.29. The average molecular weight is 193 g/mol. The third-order valence-electron chi connectivity index (χ3n) is 0.945. The molecule has 0 radical (unpaired) electrons. The van der Waals surface area contributed by atoms with E-state index in [-0.39, 0.29) is 0 Å². The van der Waals surface area contributed by atoms with Gasteiger partial charge in [0.15, 0.2) is 0 Å². The summed E-state index contributed by atoms with van der Waals surface area (Å²) in [5.74, 6) is 1.95. The van der Waals surface area contributed by atoms with Crippen molar-refractivity contribution in [2.75, 3.05) is 30.6 Å². The van der Waals surface area contributed by atoms with Crippen LogP contribution in [-0.4, -0.2) is 36.3 Å². The van der Waals surface area contributed by atoms with E-state index in [0.717, 1.165) is 17.2 Å². The molecule has 0 aromatic carbocycles. The summed E-state index contributed by atoms with van der Waals surface area (Å²) in [5.41, 5.74) is 1.13. The first-order chi connectivity index (χ1) is 5.35. The summed E-state index contributed by atoms with van der Waals surface area (Å²) < 4.78 is 0. The number of nitrogens with zero attached hydrogens (tertiary/aromatic N) is 1. The fourth-order valence-electron chi connectivity index (χ4n) is 0.583. The molecule has 0 fully saturated rings. The summed E-state index contributed by atoms with van der Waals surface area (Å²) >= 11 is 3.55. The molecule has 0 spiro atoms. The molecule has 0 amide bonds. The summed E-state index contributed by atoms with van der Waals surface area (Å²) in [7, 11) is 0. The van der Waals surface area contributed by atoms with Crippen LogP contribution in [0.25, 0.3) is 0 Å². The third-order valence-corrected chi connectivity index (χ3v) is 2.19. The second-order valence-electron chi connectivity index (χ2n) is 1.94. The van der Waals surface area contributed by atoms with Crippen LogP contribution >= 0.6 is 23.5 Å². The van der Waals surface area contributed by atoms with Gasteiger partial charge in [-0.05, 0) is 19.4 Å². The molecule has 0 bridgehead atoms. The first-order valence-electron chi connectivity index (χ1n) is 3.50. The lowest BCUT2D eigenvalue weighted by molar-refractivity contribution is 0.158. The number of hydrogen-bond acceptors (Lipinski definition) is 4. The van der Waals surface area contributed by atoms with E-state index in [2.05, 4.69) is 17.7 Å². The van der Waals surface area contributed by atoms with Crippen molar-refractivity contribution in [3.05, 3.63) is 0 Å². The van der Waals surface area contributed by atoms with E-state index < -0.39 is 0 Å². The quantitative estimate of drug-likeness (QED) is 0.476. The monoisotopic (exact) mass is 193 g/mol. The maximum absolute atomic E-state index is 4.96. The van der Waals surface area contributed by atoms with Crippen LogP contribution in [0, 0.1) is 0 Å². The van der Waals surface area contributed by atoms with E-state index in [9.17, 15) is 0 Å². The van der Waals surface area contributed by atoms with Crippen molar-refractivity contribution in [2.45, 2.75) is 6.92 Å². The molecule has 0 heterocycles. The minimum absolute atomic E-state index is 0.659. The third kappa shape index (κ3) is 6.56. The maximum Gasteiger partial charge on any atom is 0.114 e. The molecule has 0 aliphatic heterocycles. The van der Waals surface area contributed by atoms with E-state index in [4.69, 9.17) is 4.84 Å². The van der Waals surface area contributed by atoms with E-state index in [1.165, 1.54) is 0 Å². The molecular weight excluding hydrogens is 178 g/mol. The Morgan fingerprint density at radius 1 is 1.27 bits per heavy atom. The molecule has 0 aromatic rings. The van der Waals surface area contributed by atoms with Gasteiger partial charge in [0, 0.05) is 11.5 Å². The summed E-state index contributed by atoms with van der Waals surface area (Å²) in [6, 6.07) is 0. The van der Waals surface area contributed by atoms with Crippen LogP contribution in [0.3, 0.4) is 0 Å². The van der Waals surface area contributed by atoms with Crippen molar-refractivity contribution in [1.29, 1.82) is 0 Å². The standard InChI is InChI=1S/C7H15NOS2/c1-4-9-8-7(5-10-2)6-11-3/h4-6H2,1-3H3. The van der Waals surface area contributed by atoms with Gasteiger partial charge in [0.25, 0.3) is 0 Å². The van der Waals surface area contributed by atoms with E-state index in [1.54, 1.807) is 23.5 Å². The molecule has 0 atom stereocenters. The summed E-state index contributed by atoms with van der Waals surface area (Å²) in [5, 5.41) is 4.00. The van der Waals surface area contributed by atoms with Crippen LogP contribution in [0.5, 0.6) is 0 Å². The minimum atomic E-state index is 0.659. The molecule has 11 heavy (non-hydrogen) atoms. The Hall–Kier alpha value is 0.170. The zero-order valence-corrected chi connectivity index (χ0v) is 8.93. The smallest absolute Gasteiger partial charge is 0.114 e. The van der Waals surface area contributed by atoms with Crippen LogP contribution in [0.15, 0.2) is 5.16 Å².